The maximum absolute atomic E-state index is 11.4. The van der Waals surface area contributed by atoms with Crippen LogP contribution in [0.5, 0.6) is 0 Å². The summed E-state index contributed by atoms with van der Waals surface area (Å²) in [7, 11) is 1.35. The Labute approximate surface area is 107 Å². The molecule has 0 saturated carbocycles. The lowest BCUT2D eigenvalue weighted by molar-refractivity contribution is 0.0599. The lowest BCUT2D eigenvalue weighted by atomic mass is 10.1. The largest absolute Gasteiger partial charge is 0.465 e. The average molecular weight is 255 g/mol. The Morgan fingerprint density at radius 3 is 2.94 bits per heavy atom. The summed E-state index contributed by atoms with van der Waals surface area (Å²) in [5.74, 6) is 1.31. The minimum Gasteiger partial charge on any atom is -0.465 e. The fourth-order valence-corrected chi connectivity index (χ4v) is 1.71. The Morgan fingerprint density at radius 1 is 1.61 bits per heavy atom. The van der Waals surface area contributed by atoms with Crippen molar-refractivity contribution in [2.24, 2.45) is 5.92 Å². The van der Waals surface area contributed by atoms with E-state index in [0.717, 1.165) is 13.0 Å². The average Bonchev–Trinajstić information content (AvgIpc) is 2.70. The van der Waals surface area contributed by atoms with Crippen LogP contribution in [0.15, 0.2) is 10.5 Å². The van der Waals surface area contributed by atoms with Gasteiger partial charge < -0.3 is 19.6 Å². The molecule has 1 rings (SSSR count). The van der Waals surface area contributed by atoms with E-state index in [1.54, 1.807) is 13.0 Å². The molecule has 0 amide bonds. The molecular weight excluding hydrogens is 234 g/mol. The molecule has 5 nitrogen and oxygen atoms in total. The molecule has 1 heterocycles. The predicted octanol–water partition coefficient (Wildman–Crippen LogP) is 1.48. The van der Waals surface area contributed by atoms with Gasteiger partial charge in [0.1, 0.15) is 17.1 Å². The Balaban J connectivity index is 2.46. The quantitative estimate of drug-likeness (QED) is 0.722. The maximum Gasteiger partial charge on any atom is 0.341 e. The molecule has 0 aromatic carbocycles. The monoisotopic (exact) mass is 255 g/mol. The van der Waals surface area contributed by atoms with Gasteiger partial charge in [-0.15, -0.1) is 0 Å². The van der Waals surface area contributed by atoms with Gasteiger partial charge >= 0.3 is 5.97 Å². The minimum atomic E-state index is -0.379. The number of carbonyl (C=O) groups is 1. The predicted molar refractivity (Wildman–Crippen MR) is 67.4 cm³/mol. The number of aryl methyl sites for hydroxylation is 1. The molecular formula is C13H21NO4. The van der Waals surface area contributed by atoms with Crippen LogP contribution < -0.4 is 5.32 Å². The van der Waals surface area contributed by atoms with Gasteiger partial charge in [-0.05, 0) is 31.9 Å². The van der Waals surface area contributed by atoms with Gasteiger partial charge in [-0.25, -0.2) is 4.79 Å². The fraction of sp³-hybridized carbons (Fsp3) is 0.615. The first-order valence-corrected chi connectivity index (χ1v) is 6.07. The van der Waals surface area contributed by atoms with E-state index < -0.39 is 0 Å². The minimum absolute atomic E-state index is 0.204. The van der Waals surface area contributed by atoms with E-state index in [2.05, 4.69) is 17.0 Å². The number of ether oxygens (including phenoxy) is 1. The first kappa shape index (κ1) is 14.7. The molecule has 2 N–H and O–H groups in total. The summed E-state index contributed by atoms with van der Waals surface area (Å²) in [5.41, 5.74) is 0.470. The van der Waals surface area contributed by atoms with E-state index in [1.165, 1.54) is 7.11 Å². The Bertz CT molecular complexity index is 386. The highest BCUT2D eigenvalue weighted by Crippen LogP contribution is 2.15. The first-order valence-electron chi connectivity index (χ1n) is 6.07. The van der Waals surface area contributed by atoms with Gasteiger partial charge in [-0.3, -0.25) is 0 Å². The number of methoxy groups -OCH3 is 1. The van der Waals surface area contributed by atoms with Gasteiger partial charge in [0, 0.05) is 6.61 Å². The highest BCUT2D eigenvalue weighted by atomic mass is 16.5. The third-order valence-electron chi connectivity index (χ3n) is 2.79. The van der Waals surface area contributed by atoms with Crippen LogP contribution >= 0.6 is 0 Å². The number of hydrogen-bond acceptors (Lipinski definition) is 5. The highest BCUT2D eigenvalue weighted by Gasteiger charge is 2.15. The zero-order chi connectivity index (χ0) is 13.5. The summed E-state index contributed by atoms with van der Waals surface area (Å²) < 4.78 is 10.1. The fourth-order valence-electron chi connectivity index (χ4n) is 1.71. The van der Waals surface area contributed by atoms with Crippen LogP contribution in [0.4, 0.5) is 0 Å². The van der Waals surface area contributed by atoms with Crippen molar-refractivity contribution in [1.82, 2.24) is 5.32 Å². The normalized spacial score (nSPS) is 12.4. The molecule has 0 saturated heterocycles. The van der Waals surface area contributed by atoms with Crippen molar-refractivity contribution >= 4 is 5.97 Å². The molecule has 102 valence electrons. The second-order valence-electron chi connectivity index (χ2n) is 4.42. The molecule has 0 radical (unpaired) electrons. The number of furan rings is 1. The molecule has 1 atom stereocenters. The van der Waals surface area contributed by atoms with Crippen molar-refractivity contribution in [2.75, 3.05) is 20.3 Å². The van der Waals surface area contributed by atoms with Crippen LogP contribution in [0.3, 0.4) is 0 Å². The van der Waals surface area contributed by atoms with E-state index in [-0.39, 0.29) is 12.6 Å². The standard InChI is InChI=1S/C13H21NO4/c1-9(4-5-15)7-14-8-11-6-12(10(2)18-11)13(16)17-3/h6,9,14-15H,4-5,7-8H2,1-3H3. The van der Waals surface area contributed by atoms with Crippen LogP contribution in [0.1, 0.15) is 35.2 Å². The third-order valence-corrected chi connectivity index (χ3v) is 2.79. The van der Waals surface area contributed by atoms with Gasteiger partial charge in [-0.2, -0.15) is 0 Å². The molecule has 18 heavy (non-hydrogen) atoms. The summed E-state index contributed by atoms with van der Waals surface area (Å²) >= 11 is 0. The molecule has 5 heteroatoms. The number of rotatable bonds is 7. The van der Waals surface area contributed by atoms with Crippen LogP contribution in [-0.4, -0.2) is 31.3 Å². The molecule has 0 aliphatic rings. The summed E-state index contributed by atoms with van der Waals surface area (Å²) in [6.07, 6.45) is 0.775. The van der Waals surface area contributed by atoms with Crippen molar-refractivity contribution in [1.29, 1.82) is 0 Å². The van der Waals surface area contributed by atoms with E-state index in [1.807, 2.05) is 0 Å². The number of esters is 1. The number of carbonyl (C=O) groups excluding carboxylic acids is 1. The van der Waals surface area contributed by atoms with Crippen molar-refractivity contribution in [3.05, 3.63) is 23.2 Å². The zero-order valence-corrected chi connectivity index (χ0v) is 11.2. The van der Waals surface area contributed by atoms with E-state index in [0.29, 0.717) is 29.5 Å². The molecule has 1 aromatic heterocycles. The van der Waals surface area contributed by atoms with E-state index >= 15 is 0 Å². The first-order chi connectivity index (χ1) is 8.58. The summed E-state index contributed by atoms with van der Waals surface area (Å²) in [6.45, 7) is 5.37. The van der Waals surface area contributed by atoms with Crippen LogP contribution in [0.25, 0.3) is 0 Å². The van der Waals surface area contributed by atoms with E-state index in [4.69, 9.17) is 9.52 Å². The highest BCUT2D eigenvalue weighted by molar-refractivity contribution is 5.90. The van der Waals surface area contributed by atoms with Gasteiger partial charge in [0.15, 0.2) is 0 Å². The van der Waals surface area contributed by atoms with Crippen molar-refractivity contribution in [3.8, 4) is 0 Å². The van der Waals surface area contributed by atoms with Crippen molar-refractivity contribution in [3.63, 3.8) is 0 Å². The zero-order valence-electron chi connectivity index (χ0n) is 11.2. The van der Waals surface area contributed by atoms with Gasteiger partial charge in [0.25, 0.3) is 0 Å². The second kappa shape index (κ2) is 7.18. The smallest absolute Gasteiger partial charge is 0.341 e. The second-order valence-corrected chi connectivity index (χ2v) is 4.42. The third kappa shape index (κ3) is 4.16. The van der Waals surface area contributed by atoms with Crippen LogP contribution in [-0.2, 0) is 11.3 Å². The maximum atomic E-state index is 11.4. The summed E-state index contributed by atoms with van der Waals surface area (Å²) in [4.78, 5) is 11.4. The number of aliphatic hydroxyl groups is 1. The number of hydrogen-bond donors (Lipinski definition) is 2. The number of nitrogens with one attached hydrogen (secondary N) is 1. The molecule has 1 aromatic rings. The van der Waals surface area contributed by atoms with Crippen molar-refractivity contribution in [2.45, 2.75) is 26.8 Å². The van der Waals surface area contributed by atoms with Gasteiger partial charge in [0.05, 0.1) is 13.7 Å². The molecule has 1 unspecified atom stereocenters. The van der Waals surface area contributed by atoms with Crippen LogP contribution in [0, 0.1) is 12.8 Å². The lowest BCUT2D eigenvalue weighted by Crippen LogP contribution is -2.21. The van der Waals surface area contributed by atoms with Gasteiger partial charge in [0.2, 0.25) is 0 Å². The molecule has 0 aliphatic heterocycles. The number of aliphatic hydroxyl groups excluding tert-OH is 1. The lowest BCUT2D eigenvalue weighted by Gasteiger charge is -2.09. The molecule has 0 fully saturated rings. The molecule has 0 bridgehead atoms. The molecule has 0 spiro atoms. The Kier molecular flexibility index (Phi) is 5.88. The Hall–Kier alpha value is -1.33. The SMILES string of the molecule is COC(=O)c1cc(CNCC(C)CCO)oc1C. The van der Waals surface area contributed by atoms with E-state index in [9.17, 15) is 4.79 Å². The summed E-state index contributed by atoms with van der Waals surface area (Å²) in [5, 5.41) is 12.0. The van der Waals surface area contributed by atoms with Gasteiger partial charge in [-0.1, -0.05) is 6.92 Å². The Morgan fingerprint density at radius 2 is 2.33 bits per heavy atom. The van der Waals surface area contributed by atoms with Crippen molar-refractivity contribution < 1.29 is 19.1 Å². The summed E-state index contributed by atoms with van der Waals surface area (Å²) in [6, 6.07) is 1.70. The van der Waals surface area contributed by atoms with Crippen LogP contribution in [0.2, 0.25) is 0 Å². The topological polar surface area (TPSA) is 71.7 Å². The molecule has 0 aliphatic carbocycles.